The van der Waals surface area contributed by atoms with Crippen molar-refractivity contribution in [2.75, 3.05) is 25.6 Å². The van der Waals surface area contributed by atoms with E-state index in [1.165, 1.54) is 17.4 Å². The highest BCUT2D eigenvalue weighted by Crippen LogP contribution is 2.24. The Morgan fingerprint density at radius 3 is 2.79 bits per heavy atom. The van der Waals surface area contributed by atoms with Gasteiger partial charge in [-0.3, -0.25) is 5.32 Å². The molecule has 2 N–H and O–H groups in total. The third-order valence-electron chi connectivity index (χ3n) is 3.17. The molecule has 2 heterocycles. The molecule has 0 unspecified atom stereocenters. The number of carbonyl (C=O) groups excluding carboxylic acids is 1. The van der Waals surface area contributed by atoms with Gasteiger partial charge < -0.3 is 14.7 Å². The smallest absolute Gasteiger partial charge is 0.338 e. The number of carbonyl (C=O) groups is 2. The van der Waals surface area contributed by atoms with E-state index in [0.717, 1.165) is 12.8 Å². The van der Waals surface area contributed by atoms with Crippen LogP contribution in [0.4, 0.5) is 9.80 Å². The van der Waals surface area contributed by atoms with E-state index < -0.39 is 5.97 Å². The van der Waals surface area contributed by atoms with Gasteiger partial charge in [-0.25, -0.2) is 9.59 Å². The van der Waals surface area contributed by atoms with Crippen molar-refractivity contribution in [3.05, 3.63) is 17.0 Å². The molecule has 2 rings (SSSR count). The summed E-state index contributed by atoms with van der Waals surface area (Å²) in [6, 6.07) is 1.34. The third kappa shape index (κ3) is 3.24. The van der Waals surface area contributed by atoms with Gasteiger partial charge in [0.05, 0.1) is 5.56 Å². The van der Waals surface area contributed by atoms with E-state index in [1.54, 1.807) is 17.3 Å². The first-order valence-corrected chi connectivity index (χ1v) is 6.90. The van der Waals surface area contributed by atoms with E-state index in [4.69, 9.17) is 9.84 Å². The number of hydrogen-bond donors (Lipinski definition) is 2. The lowest BCUT2D eigenvalue weighted by molar-refractivity contribution is 0.0545. The zero-order chi connectivity index (χ0) is 13.8. The summed E-state index contributed by atoms with van der Waals surface area (Å²) in [5.74, 6) is -1.04. The Balaban J connectivity index is 1.99. The van der Waals surface area contributed by atoms with Crippen LogP contribution in [-0.2, 0) is 4.74 Å². The van der Waals surface area contributed by atoms with Crippen LogP contribution in [-0.4, -0.2) is 48.3 Å². The molecule has 1 aromatic heterocycles. The fourth-order valence-electron chi connectivity index (χ4n) is 2.00. The van der Waals surface area contributed by atoms with E-state index in [2.05, 4.69) is 5.32 Å². The minimum atomic E-state index is -1.04. The zero-order valence-electron chi connectivity index (χ0n) is 10.6. The van der Waals surface area contributed by atoms with Crippen LogP contribution in [0.3, 0.4) is 0 Å². The van der Waals surface area contributed by atoms with Crippen LogP contribution in [0.2, 0.25) is 0 Å². The highest BCUT2D eigenvalue weighted by molar-refractivity contribution is 7.14. The lowest BCUT2D eigenvalue weighted by atomic mass is 10.1. The molecule has 0 bridgehead atoms. The second-order valence-corrected chi connectivity index (χ2v) is 5.27. The number of nitrogens with one attached hydrogen (secondary N) is 1. The average Bonchev–Trinajstić information content (AvgIpc) is 2.87. The maximum absolute atomic E-state index is 12.1. The fourth-order valence-corrected chi connectivity index (χ4v) is 2.77. The molecule has 6 nitrogen and oxygen atoms in total. The molecule has 104 valence electrons. The Hall–Kier alpha value is -1.60. The molecule has 0 spiro atoms. The zero-order valence-corrected chi connectivity index (χ0v) is 11.4. The monoisotopic (exact) mass is 284 g/mol. The molecule has 0 atom stereocenters. The summed E-state index contributed by atoms with van der Waals surface area (Å²) in [6.45, 7) is 1.31. The Kier molecular flexibility index (Phi) is 4.39. The number of thiophene rings is 1. The van der Waals surface area contributed by atoms with Crippen molar-refractivity contribution in [1.29, 1.82) is 0 Å². The predicted molar refractivity (Wildman–Crippen MR) is 71.9 cm³/mol. The summed E-state index contributed by atoms with van der Waals surface area (Å²) in [4.78, 5) is 24.7. The SMILES string of the molecule is CN(C(=O)Nc1sccc1C(=O)O)C1CCOCC1. The lowest BCUT2D eigenvalue weighted by Gasteiger charge is -2.31. The van der Waals surface area contributed by atoms with E-state index in [9.17, 15) is 9.59 Å². The minimum absolute atomic E-state index is 0.124. The number of aromatic carboxylic acids is 1. The summed E-state index contributed by atoms with van der Waals surface area (Å²) in [5, 5.41) is 13.7. The molecular formula is C12H16N2O4S. The van der Waals surface area contributed by atoms with Crippen LogP contribution in [0.15, 0.2) is 11.4 Å². The number of anilines is 1. The van der Waals surface area contributed by atoms with Crippen molar-refractivity contribution in [3.8, 4) is 0 Å². The Morgan fingerprint density at radius 1 is 1.47 bits per heavy atom. The van der Waals surface area contributed by atoms with Crippen molar-refractivity contribution in [3.63, 3.8) is 0 Å². The van der Waals surface area contributed by atoms with Crippen LogP contribution >= 0.6 is 11.3 Å². The Labute approximate surface area is 115 Å². The minimum Gasteiger partial charge on any atom is -0.478 e. The van der Waals surface area contributed by atoms with Crippen LogP contribution < -0.4 is 5.32 Å². The maximum Gasteiger partial charge on any atom is 0.338 e. The highest BCUT2D eigenvalue weighted by atomic mass is 32.1. The normalized spacial score (nSPS) is 16.1. The van der Waals surface area contributed by atoms with Gasteiger partial charge in [0, 0.05) is 26.3 Å². The molecular weight excluding hydrogens is 268 g/mol. The van der Waals surface area contributed by atoms with Gasteiger partial charge in [0.2, 0.25) is 0 Å². The number of carboxylic acids is 1. The van der Waals surface area contributed by atoms with Gasteiger partial charge in [-0.1, -0.05) is 0 Å². The molecule has 1 aliphatic heterocycles. The van der Waals surface area contributed by atoms with E-state index in [1.807, 2.05) is 0 Å². The summed E-state index contributed by atoms with van der Waals surface area (Å²) in [6.07, 6.45) is 1.61. The quantitative estimate of drug-likeness (QED) is 0.890. The molecule has 0 aliphatic carbocycles. The number of urea groups is 1. The largest absolute Gasteiger partial charge is 0.478 e. The number of nitrogens with zero attached hydrogens (tertiary/aromatic N) is 1. The van der Waals surface area contributed by atoms with Gasteiger partial charge in [-0.05, 0) is 24.3 Å². The van der Waals surface area contributed by atoms with Gasteiger partial charge in [0.15, 0.2) is 0 Å². The molecule has 0 saturated carbocycles. The van der Waals surface area contributed by atoms with Crippen LogP contribution in [0.25, 0.3) is 0 Å². The molecule has 1 saturated heterocycles. The van der Waals surface area contributed by atoms with Crippen LogP contribution in [0, 0.1) is 0 Å². The molecule has 0 aromatic carbocycles. The Morgan fingerprint density at radius 2 is 2.16 bits per heavy atom. The summed E-state index contributed by atoms with van der Waals surface area (Å²) >= 11 is 1.21. The Bertz CT molecular complexity index is 468. The standard InChI is InChI=1S/C12H16N2O4S/c1-14(8-2-5-18-6-3-8)12(17)13-10-9(11(15)16)4-7-19-10/h4,7-8H,2-3,5-6H2,1H3,(H,13,17)(H,15,16). The predicted octanol–water partition coefficient (Wildman–Crippen LogP) is 2.09. The lowest BCUT2D eigenvalue weighted by Crippen LogP contribution is -2.42. The number of amides is 2. The molecule has 2 amide bonds. The molecule has 1 aromatic rings. The first-order chi connectivity index (χ1) is 9.09. The van der Waals surface area contributed by atoms with Crippen molar-refractivity contribution >= 4 is 28.3 Å². The van der Waals surface area contributed by atoms with Gasteiger partial charge in [-0.2, -0.15) is 0 Å². The second kappa shape index (κ2) is 6.03. The maximum atomic E-state index is 12.1. The van der Waals surface area contributed by atoms with E-state index >= 15 is 0 Å². The summed E-state index contributed by atoms with van der Waals surface area (Å²) in [5.41, 5.74) is 0.124. The third-order valence-corrected chi connectivity index (χ3v) is 4.00. The summed E-state index contributed by atoms with van der Waals surface area (Å²) in [7, 11) is 1.72. The van der Waals surface area contributed by atoms with Gasteiger partial charge >= 0.3 is 12.0 Å². The summed E-state index contributed by atoms with van der Waals surface area (Å²) < 4.78 is 5.25. The first-order valence-electron chi connectivity index (χ1n) is 6.02. The molecule has 1 fully saturated rings. The first kappa shape index (κ1) is 13.8. The van der Waals surface area contributed by atoms with Crippen LogP contribution in [0.1, 0.15) is 23.2 Å². The van der Waals surface area contributed by atoms with E-state index in [0.29, 0.717) is 18.2 Å². The highest BCUT2D eigenvalue weighted by Gasteiger charge is 2.23. The number of hydrogen-bond acceptors (Lipinski definition) is 4. The van der Waals surface area contributed by atoms with Crippen molar-refractivity contribution < 1.29 is 19.4 Å². The topological polar surface area (TPSA) is 78.9 Å². The number of carboxylic acid groups (broad SMARTS) is 1. The van der Waals surface area contributed by atoms with Gasteiger partial charge in [0.25, 0.3) is 0 Å². The van der Waals surface area contributed by atoms with Crippen molar-refractivity contribution in [2.45, 2.75) is 18.9 Å². The van der Waals surface area contributed by atoms with Crippen molar-refractivity contribution in [1.82, 2.24) is 4.90 Å². The molecule has 7 heteroatoms. The fraction of sp³-hybridized carbons (Fsp3) is 0.500. The molecule has 19 heavy (non-hydrogen) atoms. The number of ether oxygens (including phenoxy) is 1. The van der Waals surface area contributed by atoms with Gasteiger partial charge in [-0.15, -0.1) is 11.3 Å². The number of rotatable bonds is 3. The van der Waals surface area contributed by atoms with Crippen LogP contribution in [0.5, 0.6) is 0 Å². The van der Waals surface area contributed by atoms with Crippen molar-refractivity contribution in [2.24, 2.45) is 0 Å². The van der Waals surface area contributed by atoms with E-state index in [-0.39, 0.29) is 17.6 Å². The molecule has 1 aliphatic rings. The molecule has 0 radical (unpaired) electrons. The second-order valence-electron chi connectivity index (χ2n) is 4.35. The van der Waals surface area contributed by atoms with Gasteiger partial charge in [0.1, 0.15) is 5.00 Å². The average molecular weight is 284 g/mol.